The molecule has 4 atom stereocenters. The number of methoxy groups -OCH3 is 1. The van der Waals surface area contributed by atoms with Gasteiger partial charge in [0.05, 0.1) is 12.7 Å². The Morgan fingerprint density at radius 2 is 2.23 bits per heavy atom. The molecule has 13 nitrogen and oxygen atoms in total. The number of carbonyl (C=O) groups excluding carboxylic acids is 1. The molecule has 5 N–H and O–H groups in total. The number of aromatic nitrogens is 1. The van der Waals surface area contributed by atoms with Crippen LogP contribution in [0.4, 0.5) is 5.82 Å². The van der Waals surface area contributed by atoms with Crippen molar-refractivity contribution in [1.82, 2.24) is 9.58 Å². The summed E-state index contributed by atoms with van der Waals surface area (Å²) in [6, 6.07) is -0.678. The van der Waals surface area contributed by atoms with Crippen molar-refractivity contribution in [2.24, 2.45) is 27.2 Å². The summed E-state index contributed by atoms with van der Waals surface area (Å²) in [5.41, 5.74) is 0. The van der Waals surface area contributed by atoms with Gasteiger partial charge in [-0.25, -0.2) is 10.9 Å². The van der Waals surface area contributed by atoms with Gasteiger partial charge >= 0.3 is 4.87 Å². The third-order valence-corrected chi connectivity index (χ3v) is 5.14. The molecule has 0 aromatic carbocycles. The maximum atomic E-state index is 12.4. The topological polar surface area (TPSA) is 179 Å². The van der Waals surface area contributed by atoms with Gasteiger partial charge in [0, 0.05) is 7.11 Å². The summed E-state index contributed by atoms with van der Waals surface area (Å²) >= 11 is 0.742. The predicted molar refractivity (Wildman–Crippen MR) is 90.0 cm³/mol. The van der Waals surface area contributed by atoms with E-state index in [9.17, 15) is 14.5 Å². The van der Waals surface area contributed by atoms with Crippen LogP contribution in [0.3, 0.4) is 0 Å². The number of nitrogens with one attached hydrogen (secondary N) is 1. The molecular weight excluding hydrogens is 368 g/mol. The van der Waals surface area contributed by atoms with Crippen molar-refractivity contribution in [3.8, 4) is 0 Å². The minimum Gasteiger partial charge on any atom is -0.382 e. The van der Waals surface area contributed by atoms with E-state index in [2.05, 4.69) is 20.8 Å². The number of amides is 1. The summed E-state index contributed by atoms with van der Waals surface area (Å²) in [6.45, 7) is 0.120. The van der Waals surface area contributed by atoms with Crippen molar-refractivity contribution < 1.29 is 14.3 Å². The number of nitroso groups, excluding NO2 is 1. The number of nitrogens with two attached hydrogens (primary N) is 2. The van der Waals surface area contributed by atoms with Crippen LogP contribution >= 0.6 is 11.3 Å². The van der Waals surface area contributed by atoms with Gasteiger partial charge in [-0.3, -0.25) is 14.2 Å². The Kier molecular flexibility index (Phi) is 5.26. The molecule has 1 amide bonds. The van der Waals surface area contributed by atoms with E-state index < -0.39 is 35.4 Å². The minimum absolute atomic E-state index is 0.120. The van der Waals surface area contributed by atoms with Crippen molar-refractivity contribution in [3.05, 3.63) is 19.5 Å². The van der Waals surface area contributed by atoms with Crippen LogP contribution < -0.4 is 21.9 Å². The van der Waals surface area contributed by atoms with Gasteiger partial charge in [0.2, 0.25) is 6.29 Å². The Hall–Kier alpha value is -2.42. The van der Waals surface area contributed by atoms with E-state index in [0.29, 0.717) is 12.8 Å². The second kappa shape index (κ2) is 7.45. The van der Waals surface area contributed by atoms with E-state index in [1.807, 2.05) is 0 Å². The molecule has 1 aromatic heterocycles. The highest BCUT2D eigenvalue weighted by Gasteiger charge is 2.40. The Bertz CT molecular complexity index is 778. The molecule has 0 bridgehead atoms. The van der Waals surface area contributed by atoms with Crippen LogP contribution in [0.15, 0.2) is 20.3 Å². The second-order valence-electron chi connectivity index (χ2n) is 5.71. The number of anilines is 1. The number of fused-ring (bicyclic) bond motifs is 1. The normalized spacial score (nSPS) is 26.8. The van der Waals surface area contributed by atoms with E-state index >= 15 is 0 Å². The van der Waals surface area contributed by atoms with Crippen LogP contribution in [0, 0.1) is 4.91 Å². The van der Waals surface area contributed by atoms with Gasteiger partial charge in [-0.2, -0.15) is 4.91 Å². The van der Waals surface area contributed by atoms with Gasteiger partial charge < -0.3 is 20.6 Å². The van der Waals surface area contributed by atoms with Crippen molar-refractivity contribution in [2.75, 3.05) is 19.0 Å². The van der Waals surface area contributed by atoms with Gasteiger partial charge in [0.25, 0.3) is 5.91 Å². The highest BCUT2D eigenvalue weighted by atomic mass is 32.1. The molecule has 0 spiro atoms. The highest BCUT2D eigenvalue weighted by Crippen LogP contribution is 2.36. The third-order valence-electron chi connectivity index (χ3n) is 4.20. The molecule has 1 fully saturated rings. The van der Waals surface area contributed by atoms with Crippen molar-refractivity contribution in [1.29, 1.82) is 0 Å². The van der Waals surface area contributed by atoms with Gasteiger partial charge in [0.15, 0.2) is 0 Å². The summed E-state index contributed by atoms with van der Waals surface area (Å²) in [4.78, 5) is 35.5. The van der Waals surface area contributed by atoms with Crippen LogP contribution in [-0.4, -0.2) is 47.6 Å². The van der Waals surface area contributed by atoms with Crippen LogP contribution in [0.2, 0.25) is 0 Å². The monoisotopic (exact) mass is 386 g/mol. The highest BCUT2D eigenvalue weighted by molar-refractivity contribution is 7.12. The smallest absolute Gasteiger partial charge is 0.311 e. The fourth-order valence-corrected chi connectivity index (χ4v) is 3.92. The number of carbonyl (C=O) groups is 1. The van der Waals surface area contributed by atoms with Gasteiger partial charge in [-0.1, -0.05) is 21.7 Å². The Morgan fingerprint density at radius 1 is 1.46 bits per heavy atom. The number of ether oxygens (including phenoxy) is 2. The van der Waals surface area contributed by atoms with Gasteiger partial charge in [0.1, 0.15) is 23.0 Å². The Morgan fingerprint density at radius 3 is 2.88 bits per heavy atom. The molecule has 0 saturated carbocycles. The van der Waals surface area contributed by atoms with Crippen molar-refractivity contribution in [3.63, 3.8) is 0 Å². The van der Waals surface area contributed by atoms with Crippen molar-refractivity contribution in [2.45, 2.75) is 37.5 Å². The SMILES string of the molecule is COCC(N=O)[C@@H]1CC[C@H](n2c3c(sc2=O)C(=O)N(N)C(N=NN)N3)O1. The number of hydrogen-bond acceptors (Lipinski definition) is 11. The zero-order valence-electron chi connectivity index (χ0n) is 13.8. The minimum atomic E-state index is -1.05. The third kappa shape index (κ3) is 3.07. The number of hydrazine groups is 1. The van der Waals surface area contributed by atoms with E-state index in [-0.39, 0.29) is 17.3 Å². The maximum Gasteiger partial charge on any atom is 0.311 e. The molecule has 2 aliphatic heterocycles. The molecule has 3 heterocycles. The second-order valence-corrected chi connectivity index (χ2v) is 6.67. The van der Waals surface area contributed by atoms with E-state index in [1.54, 1.807) is 0 Å². The summed E-state index contributed by atoms with van der Waals surface area (Å²) < 4.78 is 12.1. The lowest BCUT2D eigenvalue weighted by Gasteiger charge is -2.30. The van der Waals surface area contributed by atoms with E-state index in [4.69, 9.17) is 21.2 Å². The molecule has 2 aliphatic rings. The van der Waals surface area contributed by atoms with Crippen molar-refractivity contribution >= 4 is 23.1 Å². The summed E-state index contributed by atoms with van der Waals surface area (Å²) in [5, 5.41) is 13.4. The first-order chi connectivity index (χ1) is 12.5. The maximum absolute atomic E-state index is 12.4. The predicted octanol–water partition coefficient (Wildman–Crippen LogP) is -0.280. The fraction of sp³-hybridized carbons (Fsp3) is 0.667. The number of thiazole rings is 1. The average molecular weight is 386 g/mol. The number of hydrogen-bond donors (Lipinski definition) is 3. The average Bonchev–Trinajstić information content (AvgIpc) is 3.21. The van der Waals surface area contributed by atoms with Gasteiger partial charge in [-0.15, -0.1) is 5.11 Å². The van der Waals surface area contributed by atoms with E-state index in [1.165, 1.54) is 11.7 Å². The molecular formula is C12H18N8O5S. The molecule has 0 aliphatic carbocycles. The molecule has 0 radical (unpaired) electrons. The van der Waals surface area contributed by atoms with Crippen LogP contribution in [0.1, 0.15) is 28.7 Å². The van der Waals surface area contributed by atoms with Crippen LogP contribution in [0.25, 0.3) is 0 Å². The quantitative estimate of drug-likeness (QED) is 0.196. The number of nitrogens with zero attached hydrogens (tertiary/aromatic N) is 5. The molecule has 1 aromatic rings. The lowest BCUT2D eigenvalue weighted by Crippen LogP contribution is -2.52. The fourth-order valence-electron chi connectivity index (χ4n) is 2.99. The largest absolute Gasteiger partial charge is 0.382 e. The Balaban J connectivity index is 1.89. The molecule has 3 rings (SSSR count). The summed E-state index contributed by atoms with van der Waals surface area (Å²) in [7, 11) is 1.46. The van der Waals surface area contributed by atoms with Crippen LogP contribution in [-0.2, 0) is 9.47 Å². The Labute approximate surface area is 150 Å². The number of rotatable bonds is 6. The first-order valence-electron chi connectivity index (χ1n) is 7.68. The zero-order valence-corrected chi connectivity index (χ0v) is 14.6. The van der Waals surface area contributed by atoms with Gasteiger partial charge in [-0.05, 0) is 12.8 Å². The molecule has 26 heavy (non-hydrogen) atoms. The first kappa shape index (κ1) is 18.4. The first-order valence-corrected chi connectivity index (χ1v) is 8.50. The lowest BCUT2D eigenvalue weighted by atomic mass is 10.1. The van der Waals surface area contributed by atoms with Crippen LogP contribution in [0.5, 0.6) is 0 Å². The van der Waals surface area contributed by atoms with E-state index in [0.717, 1.165) is 16.3 Å². The standard InChI is InChI=1S/C12H18N8O5S/c1-24-4-5(17-23)6-2-3-7(25-6)19-9-8(26-12(19)22)10(21)20(14)11(15-9)16-18-13/h5-7,11,15H,2-4,14H2,1H3,(H2,13,16)/t5?,6-,7+,11?/m0/s1. The molecule has 2 unspecified atom stereocenters. The lowest BCUT2D eigenvalue weighted by molar-refractivity contribution is -0.0207. The molecule has 142 valence electrons. The summed E-state index contributed by atoms with van der Waals surface area (Å²) in [5.74, 6) is 10.3. The molecule has 1 saturated heterocycles. The zero-order chi connectivity index (χ0) is 18.8. The molecule has 14 heteroatoms. The summed E-state index contributed by atoms with van der Waals surface area (Å²) in [6.07, 6.45) is -1.20.